The van der Waals surface area contributed by atoms with Crippen LogP contribution >= 0.6 is 0 Å². The summed E-state index contributed by atoms with van der Waals surface area (Å²) in [6.07, 6.45) is 0. The van der Waals surface area contributed by atoms with Crippen LogP contribution in [0.5, 0.6) is 0 Å². The van der Waals surface area contributed by atoms with Gasteiger partial charge in [-0.3, -0.25) is 0 Å². The van der Waals surface area contributed by atoms with Crippen LogP contribution in [-0.2, 0) is 4.74 Å². The molecule has 0 saturated carbocycles. The number of morpholine rings is 1. The van der Waals surface area contributed by atoms with E-state index in [2.05, 4.69) is 16.8 Å². The minimum absolute atomic E-state index is 0.384. The third-order valence-corrected chi connectivity index (χ3v) is 2.77. The molecule has 1 fully saturated rings. The molecule has 0 amide bonds. The van der Waals surface area contributed by atoms with E-state index in [0.29, 0.717) is 6.04 Å². The van der Waals surface area contributed by atoms with Gasteiger partial charge in [0.15, 0.2) is 0 Å². The molecule has 4 nitrogen and oxygen atoms in total. The average Bonchev–Trinajstić information content (AvgIpc) is 2.23. The number of nitrogens with two attached hydrogens (primary N) is 1. The van der Waals surface area contributed by atoms with Crippen LogP contribution in [0.1, 0.15) is 12.6 Å². The van der Waals surface area contributed by atoms with E-state index < -0.39 is 0 Å². The first kappa shape index (κ1) is 10.2. The second kappa shape index (κ2) is 4.06. The number of hydrogen-bond donors (Lipinski definition) is 1. The van der Waals surface area contributed by atoms with Crippen LogP contribution in [0.3, 0.4) is 0 Å². The molecule has 1 aliphatic rings. The van der Waals surface area contributed by atoms with Gasteiger partial charge in [-0.25, -0.2) is 4.98 Å². The van der Waals surface area contributed by atoms with Crippen molar-refractivity contribution in [3.63, 3.8) is 0 Å². The monoisotopic (exact) mass is 207 g/mol. The first-order valence-corrected chi connectivity index (χ1v) is 5.26. The molecule has 1 unspecified atom stereocenters. The average molecular weight is 207 g/mol. The van der Waals surface area contributed by atoms with Crippen molar-refractivity contribution < 1.29 is 4.74 Å². The Kier molecular flexibility index (Phi) is 2.77. The normalized spacial score (nSPS) is 21.7. The van der Waals surface area contributed by atoms with Gasteiger partial charge in [-0.1, -0.05) is 0 Å². The Labute approximate surface area is 90.0 Å². The summed E-state index contributed by atoms with van der Waals surface area (Å²) >= 11 is 0. The molecular formula is C11H17N3O. The Bertz CT molecular complexity index is 354. The van der Waals surface area contributed by atoms with E-state index in [1.807, 2.05) is 19.1 Å². The van der Waals surface area contributed by atoms with Gasteiger partial charge >= 0.3 is 0 Å². The number of rotatable bonds is 1. The topological polar surface area (TPSA) is 51.4 Å². The molecule has 0 bridgehead atoms. The Balaban J connectivity index is 2.24. The molecule has 1 atom stereocenters. The summed E-state index contributed by atoms with van der Waals surface area (Å²) < 4.78 is 5.39. The number of hydrogen-bond acceptors (Lipinski definition) is 4. The highest BCUT2D eigenvalue weighted by molar-refractivity contribution is 5.51. The lowest BCUT2D eigenvalue weighted by atomic mass is 10.2. The van der Waals surface area contributed by atoms with Gasteiger partial charge in [0.1, 0.15) is 5.82 Å². The summed E-state index contributed by atoms with van der Waals surface area (Å²) in [4.78, 5) is 6.75. The lowest BCUT2D eigenvalue weighted by Gasteiger charge is -2.34. The lowest BCUT2D eigenvalue weighted by Crippen LogP contribution is -2.44. The second-order valence-electron chi connectivity index (χ2n) is 3.96. The van der Waals surface area contributed by atoms with Crippen molar-refractivity contribution in [2.75, 3.05) is 30.4 Å². The van der Waals surface area contributed by atoms with Gasteiger partial charge in [0.2, 0.25) is 0 Å². The Morgan fingerprint density at radius 3 is 3.00 bits per heavy atom. The van der Waals surface area contributed by atoms with E-state index in [-0.39, 0.29) is 0 Å². The Hall–Kier alpha value is -1.29. The van der Waals surface area contributed by atoms with Crippen molar-refractivity contribution in [1.82, 2.24) is 4.98 Å². The van der Waals surface area contributed by atoms with Crippen LogP contribution in [0.4, 0.5) is 11.5 Å². The standard InChI is InChI=1S/C11H17N3O/c1-8-7-15-6-5-14(8)11-4-3-10(12)9(2)13-11/h3-4,8H,5-7,12H2,1-2H3. The number of aromatic nitrogens is 1. The third-order valence-electron chi connectivity index (χ3n) is 2.77. The van der Waals surface area contributed by atoms with E-state index in [1.54, 1.807) is 0 Å². The summed E-state index contributed by atoms with van der Waals surface area (Å²) in [5.41, 5.74) is 7.39. The van der Waals surface area contributed by atoms with Crippen LogP contribution in [0.25, 0.3) is 0 Å². The van der Waals surface area contributed by atoms with Crippen LogP contribution < -0.4 is 10.6 Å². The molecule has 2 heterocycles. The SMILES string of the molecule is Cc1nc(N2CCOCC2C)ccc1N. The maximum atomic E-state index is 5.75. The highest BCUT2D eigenvalue weighted by Crippen LogP contribution is 2.19. The second-order valence-corrected chi connectivity index (χ2v) is 3.96. The molecule has 82 valence electrons. The molecule has 2 rings (SSSR count). The molecular weight excluding hydrogens is 190 g/mol. The van der Waals surface area contributed by atoms with Crippen molar-refractivity contribution >= 4 is 11.5 Å². The van der Waals surface area contributed by atoms with Crippen LogP contribution in [0, 0.1) is 6.92 Å². The highest BCUT2D eigenvalue weighted by Gasteiger charge is 2.20. The predicted octanol–water partition coefficient (Wildman–Crippen LogP) is 1.20. The van der Waals surface area contributed by atoms with Gasteiger partial charge in [0.25, 0.3) is 0 Å². The first-order valence-electron chi connectivity index (χ1n) is 5.26. The van der Waals surface area contributed by atoms with Crippen molar-refractivity contribution in [2.45, 2.75) is 19.9 Å². The molecule has 0 aliphatic carbocycles. The Morgan fingerprint density at radius 1 is 1.53 bits per heavy atom. The van der Waals surface area contributed by atoms with Gasteiger partial charge in [0, 0.05) is 6.54 Å². The van der Waals surface area contributed by atoms with Crippen LogP contribution in [0.2, 0.25) is 0 Å². The van der Waals surface area contributed by atoms with E-state index >= 15 is 0 Å². The quantitative estimate of drug-likeness (QED) is 0.751. The molecule has 0 aromatic carbocycles. The van der Waals surface area contributed by atoms with E-state index in [4.69, 9.17) is 10.5 Å². The zero-order valence-corrected chi connectivity index (χ0v) is 9.23. The van der Waals surface area contributed by atoms with Gasteiger partial charge in [-0.05, 0) is 26.0 Å². The third kappa shape index (κ3) is 2.04. The molecule has 0 spiro atoms. The van der Waals surface area contributed by atoms with Crippen LogP contribution in [-0.4, -0.2) is 30.8 Å². The number of nitrogens with zero attached hydrogens (tertiary/aromatic N) is 2. The van der Waals surface area contributed by atoms with Gasteiger partial charge in [-0.2, -0.15) is 0 Å². The van der Waals surface area contributed by atoms with Gasteiger partial charge < -0.3 is 15.4 Å². The molecule has 2 N–H and O–H groups in total. The fourth-order valence-corrected chi connectivity index (χ4v) is 1.79. The van der Waals surface area contributed by atoms with Gasteiger partial charge in [0.05, 0.1) is 30.6 Å². The van der Waals surface area contributed by atoms with Crippen LogP contribution in [0.15, 0.2) is 12.1 Å². The van der Waals surface area contributed by atoms with E-state index in [0.717, 1.165) is 37.0 Å². The molecule has 1 aliphatic heterocycles. The highest BCUT2D eigenvalue weighted by atomic mass is 16.5. The summed E-state index contributed by atoms with van der Waals surface area (Å²) in [7, 11) is 0. The summed E-state index contributed by atoms with van der Waals surface area (Å²) in [6, 6.07) is 4.28. The lowest BCUT2D eigenvalue weighted by molar-refractivity contribution is 0.0985. The predicted molar refractivity (Wildman–Crippen MR) is 61.0 cm³/mol. The van der Waals surface area contributed by atoms with E-state index in [1.165, 1.54) is 0 Å². The maximum absolute atomic E-state index is 5.75. The fourth-order valence-electron chi connectivity index (χ4n) is 1.79. The van der Waals surface area contributed by atoms with Crippen molar-refractivity contribution in [3.05, 3.63) is 17.8 Å². The van der Waals surface area contributed by atoms with Crippen molar-refractivity contribution in [2.24, 2.45) is 0 Å². The maximum Gasteiger partial charge on any atom is 0.129 e. The number of ether oxygens (including phenoxy) is 1. The number of anilines is 2. The number of nitrogen functional groups attached to an aromatic ring is 1. The van der Waals surface area contributed by atoms with Crippen molar-refractivity contribution in [1.29, 1.82) is 0 Å². The van der Waals surface area contributed by atoms with E-state index in [9.17, 15) is 0 Å². The molecule has 0 radical (unpaired) electrons. The smallest absolute Gasteiger partial charge is 0.129 e. The molecule has 1 aromatic heterocycles. The number of aryl methyl sites for hydroxylation is 1. The summed E-state index contributed by atoms with van der Waals surface area (Å²) in [5.74, 6) is 0.998. The molecule has 1 saturated heterocycles. The largest absolute Gasteiger partial charge is 0.397 e. The minimum Gasteiger partial charge on any atom is -0.397 e. The van der Waals surface area contributed by atoms with Crippen molar-refractivity contribution in [3.8, 4) is 0 Å². The fraction of sp³-hybridized carbons (Fsp3) is 0.545. The number of pyridine rings is 1. The Morgan fingerprint density at radius 2 is 2.33 bits per heavy atom. The first-order chi connectivity index (χ1) is 7.18. The van der Waals surface area contributed by atoms with Gasteiger partial charge in [-0.15, -0.1) is 0 Å². The zero-order chi connectivity index (χ0) is 10.8. The zero-order valence-electron chi connectivity index (χ0n) is 9.23. The molecule has 15 heavy (non-hydrogen) atoms. The summed E-state index contributed by atoms with van der Waals surface area (Å²) in [6.45, 7) is 6.52. The molecule has 4 heteroatoms. The molecule has 1 aromatic rings. The minimum atomic E-state index is 0.384. The summed E-state index contributed by atoms with van der Waals surface area (Å²) in [5, 5.41) is 0.